The van der Waals surface area contributed by atoms with Crippen molar-refractivity contribution < 1.29 is 9.53 Å². The number of nitrogens with one attached hydrogen (secondary N) is 1. The van der Waals surface area contributed by atoms with Crippen LogP contribution in [0.1, 0.15) is 44.9 Å². The number of carbonyl (C=O) groups is 1. The zero-order valence-electron chi connectivity index (χ0n) is 15.7. The van der Waals surface area contributed by atoms with Gasteiger partial charge in [0.15, 0.2) is 0 Å². The van der Waals surface area contributed by atoms with Gasteiger partial charge in [-0.1, -0.05) is 0 Å². The summed E-state index contributed by atoms with van der Waals surface area (Å²) in [5.41, 5.74) is 2.09. The summed E-state index contributed by atoms with van der Waals surface area (Å²) in [5, 5.41) is 3.25. The van der Waals surface area contributed by atoms with E-state index in [1.54, 1.807) is 7.11 Å². The zero-order chi connectivity index (χ0) is 17.7. The molecule has 4 aliphatic carbocycles. The fraction of sp³-hybridized carbons (Fsp3) is 0.682. The predicted octanol–water partition coefficient (Wildman–Crippen LogP) is 4.07. The second kappa shape index (κ2) is 6.26. The topological polar surface area (TPSA) is 41.6 Å². The number of hydrogen-bond donors (Lipinski definition) is 1. The highest BCUT2D eigenvalue weighted by Gasteiger charge is 2.54. The number of benzene rings is 1. The summed E-state index contributed by atoms with van der Waals surface area (Å²) < 4.78 is 5.46. The Morgan fingerprint density at radius 1 is 1.08 bits per heavy atom. The van der Waals surface area contributed by atoms with Gasteiger partial charge in [0.2, 0.25) is 5.91 Å². The van der Waals surface area contributed by atoms with Crippen LogP contribution in [0, 0.1) is 23.2 Å². The van der Waals surface area contributed by atoms with Gasteiger partial charge in [-0.2, -0.15) is 0 Å². The summed E-state index contributed by atoms with van der Waals surface area (Å²) in [6.07, 6.45) is 8.91. The highest BCUT2D eigenvalue weighted by atomic mass is 16.5. The van der Waals surface area contributed by atoms with Gasteiger partial charge in [0.05, 0.1) is 11.5 Å². The maximum Gasteiger partial charge on any atom is 0.230 e. The Morgan fingerprint density at radius 3 is 2.23 bits per heavy atom. The highest BCUT2D eigenvalue weighted by Crippen LogP contribution is 2.60. The maximum atomic E-state index is 13.2. The van der Waals surface area contributed by atoms with E-state index in [4.69, 9.17) is 4.74 Å². The van der Waals surface area contributed by atoms with E-state index in [-0.39, 0.29) is 11.3 Å². The van der Waals surface area contributed by atoms with Gasteiger partial charge in [0.1, 0.15) is 0 Å². The Hall–Kier alpha value is -1.55. The lowest BCUT2D eigenvalue weighted by atomic mass is 9.49. The molecule has 4 bridgehead atoms. The lowest BCUT2D eigenvalue weighted by Crippen LogP contribution is -2.51. The van der Waals surface area contributed by atoms with E-state index in [2.05, 4.69) is 34.5 Å². The van der Waals surface area contributed by atoms with Crippen molar-refractivity contribution in [3.8, 4) is 0 Å². The number of amides is 1. The second-order valence-corrected chi connectivity index (χ2v) is 9.29. The van der Waals surface area contributed by atoms with Gasteiger partial charge in [-0.25, -0.2) is 0 Å². The normalized spacial score (nSPS) is 38.0. The first kappa shape index (κ1) is 16.6. The molecular weight excluding hydrogens is 324 g/mol. The average molecular weight is 354 g/mol. The minimum atomic E-state index is -0.0753. The maximum absolute atomic E-state index is 13.2. The first-order valence-electron chi connectivity index (χ1n) is 10.3. The molecule has 5 aliphatic rings. The van der Waals surface area contributed by atoms with Crippen molar-refractivity contribution in [2.75, 3.05) is 30.4 Å². The molecule has 0 radical (unpaired) electrons. The average Bonchev–Trinajstić information content (AvgIpc) is 3.10. The fourth-order valence-electron chi connectivity index (χ4n) is 6.56. The van der Waals surface area contributed by atoms with Crippen molar-refractivity contribution in [2.45, 2.75) is 51.0 Å². The molecule has 140 valence electrons. The molecule has 6 rings (SSSR count). The molecule has 5 fully saturated rings. The van der Waals surface area contributed by atoms with Gasteiger partial charge in [0.25, 0.3) is 0 Å². The van der Waals surface area contributed by atoms with Crippen LogP contribution in [-0.2, 0) is 9.53 Å². The Bertz CT molecular complexity index is 649. The molecule has 0 aromatic heterocycles. The number of carbonyl (C=O) groups excluding carboxylic acids is 1. The van der Waals surface area contributed by atoms with Gasteiger partial charge in [-0.15, -0.1) is 0 Å². The summed E-state index contributed by atoms with van der Waals surface area (Å²) in [6.45, 7) is 1.99. The van der Waals surface area contributed by atoms with Crippen LogP contribution in [0.3, 0.4) is 0 Å². The molecule has 1 N–H and O–H groups in total. The van der Waals surface area contributed by atoms with Crippen LogP contribution in [0.15, 0.2) is 24.3 Å². The van der Waals surface area contributed by atoms with Crippen LogP contribution in [0.5, 0.6) is 0 Å². The smallest absolute Gasteiger partial charge is 0.230 e. The molecule has 4 nitrogen and oxygen atoms in total. The lowest BCUT2D eigenvalue weighted by molar-refractivity contribution is -0.140. The van der Waals surface area contributed by atoms with E-state index in [0.717, 1.165) is 62.2 Å². The number of methoxy groups -OCH3 is 1. The highest BCUT2D eigenvalue weighted by molar-refractivity contribution is 5.95. The van der Waals surface area contributed by atoms with E-state index in [1.165, 1.54) is 24.9 Å². The van der Waals surface area contributed by atoms with Gasteiger partial charge in [-0.05, 0) is 87.0 Å². The summed E-state index contributed by atoms with van der Waals surface area (Å²) in [7, 11) is 1.79. The molecule has 1 atom stereocenters. The van der Waals surface area contributed by atoms with Crippen LogP contribution in [0.25, 0.3) is 0 Å². The van der Waals surface area contributed by atoms with E-state index in [0.29, 0.717) is 6.10 Å². The van der Waals surface area contributed by atoms with Gasteiger partial charge >= 0.3 is 0 Å². The van der Waals surface area contributed by atoms with Crippen molar-refractivity contribution >= 4 is 17.3 Å². The predicted molar refractivity (Wildman–Crippen MR) is 103 cm³/mol. The van der Waals surface area contributed by atoms with Crippen LogP contribution in [0.2, 0.25) is 0 Å². The molecule has 1 aliphatic heterocycles. The zero-order valence-corrected chi connectivity index (χ0v) is 15.7. The Labute approximate surface area is 156 Å². The summed E-state index contributed by atoms with van der Waals surface area (Å²) in [4.78, 5) is 15.5. The summed E-state index contributed by atoms with van der Waals surface area (Å²) in [5.74, 6) is 2.69. The van der Waals surface area contributed by atoms with Crippen molar-refractivity contribution in [2.24, 2.45) is 23.2 Å². The fourth-order valence-corrected chi connectivity index (χ4v) is 6.56. The molecule has 1 unspecified atom stereocenters. The Morgan fingerprint density at radius 2 is 1.69 bits per heavy atom. The van der Waals surface area contributed by atoms with Crippen molar-refractivity contribution in [1.82, 2.24) is 0 Å². The van der Waals surface area contributed by atoms with Crippen LogP contribution < -0.4 is 10.2 Å². The third-order valence-electron chi connectivity index (χ3n) is 7.49. The molecule has 1 amide bonds. The first-order valence-corrected chi connectivity index (χ1v) is 10.3. The van der Waals surface area contributed by atoms with E-state index in [9.17, 15) is 4.79 Å². The minimum Gasteiger partial charge on any atom is -0.380 e. The lowest BCUT2D eigenvalue weighted by Gasteiger charge is -2.55. The number of hydrogen-bond acceptors (Lipinski definition) is 3. The van der Waals surface area contributed by atoms with Crippen LogP contribution in [0.4, 0.5) is 11.4 Å². The molecule has 1 saturated heterocycles. The van der Waals surface area contributed by atoms with Gasteiger partial charge in [-0.3, -0.25) is 4.79 Å². The van der Waals surface area contributed by atoms with Crippen molar-refractivity contribution in [3.05, 3.63) is 24.3 Å². The second-order valence-electron chi connectivity index (χ2n) is 9.29. The van der Waals surface area contributed by atoms with Crippen LogP contribution >= 0.6 is 0 Å². The van der Waals surface area contributed by atoms with E-state index in [1.807, 2.05) is 0 Å². The van der Waals surface area contributed by atoms with Gasteiger partial charge < -0.3 is 15.0 Å². The van der Waals surface area contributed by atoms with E-state index < -0.39 is 0 Å². The Kier molecular flexibility index (Phi) is 4.00. The molecule has 0 spiro atoms. The molecule has 26 heavy (non-hydrogen) atoms. The number of ether oxygens (including phenoxy) is 1. The number of rotatable bonds is 4. The molecule has 1 aromatic rings. The largest absolute Gasteiger partial charge is 0.380 e. The van der Waals surface area contributed by atoms with Gasteiger partial charge in [0, 0.05) is 31.6 Å². The standard InChI is InChI=1S/C22H30N2O2/c1-26-20-6-7-24(14-20)19-4-2-18(3-5-19)23-21(25)22-11-15-8-16(12-22)10-17(9-15)13-22/h2-5,15-17,20H,6-14H2,1H3,(H,23,25). The Balaban J connectivity index is 1.26. The first-order chi connectivity index (χ1) is 12.6. The SMILES string of the molecule is COC1CCN(c2ccc(NC(=O)C34CC5CC(CC(C5)C3)C4)cc2)C1. The monoisotopic (exact) mass is 354 g/mol. The molecule has 4 heteroatoms. The molecule has 1 aromatic carbocycles. The number of anilines is 2. The molecule has 1 heterocycles. The quantitative estimate of drug-likeness (QED) is 0.886. The summed E-state index contributed by atoms with van der Waals surface area (Å²) >= 11 is 0. The molecule has 4 saturated carbocycles. The van der Waals surface area contributed by atoms with Crippen LogP contribution in [-0.4, -0.2) is 32.2 Å². The minimum absolute atomic E-state index is 0.0753. The van der Waals surface area contributed by atoms with E-state index >= 15 is 0 Å². The number of nitrogens with zero attached hydrogens (tertiary/aromatic N) is 1. The third-order valence-corrected chi connectivity index (χ3v) is 7.49. The summed E-state index contributed by atoms with van der Waals surface area (Å²) in [6, 6.07) is 8.39. The van der Waals surface area contributed by atoms with Crippen molar-refractivity contribution in [3.63, 3.8) is 0 Å². The van der Waals surface area contributed by atoms with Crippen molar-refractivity contribution in [1.29, 1.82) is 0 Å². The molecular formula is C22H30N2O2. The third kappa shape index (κ3) is 2.83.